The Kier molecular flexibility index (Phi) is 6.85. The van der Waals surface area contributed by atoms with Crippen LogP contribution in [0.3, 0.4) is 0 Å². The summed E-state index contributed by atoms with van der Waals surface area (Å²) in [6.07, 6.45) is 1.73. The number of nitrogens with zero attached hydrogens (tertiary/aromatic N) is 5. The zero-order valence-corrected chi connectivity index (χ0v) is 21.1. The van der Waals surface area contributed by atoms with E-state index in [4.69, 9.17) is 17.0 Å². The number of piperazine rings is 1. The molecule has 33 heavy (non-hydrogen) atoms. The summed E-state index contributed by atoms with van der Waals surface area (Å²) in [5, 5.41) is 4.60. The number of nitrogens with one attached hydrogen (secondary N) is 1. The number of benzene rings is 1. The second kappa shape index (κ2) is 9.49. The number of hydrogen-bond acceptors (Lipinski definition) is 7. The molecule has 1 saturated heterocycles. The molecule has 0 radical (unpaired) electrons. The van der Waals surface area contributed by atoms with E-state index in [0.29, 0.717) is 54.6 Å². The number of ether oxygens (including phenoxy) is 1. The number of hydrogen-bond donors (Lipinski definition) is 1. The van der Waals surface area contributed by atoms with Gasteiger partial charge in [0.25, 0.3) is 0 Å². The molecule has 3 heterocycles. The minimum atomic E-state index is -3.65. The largest absolute Gasteiger partial charge is 0.493 e. The SMILES string of the molecule is CCCc1nn(C)c2c(=S)nc(-c3cc(S(=O)(=O)N4CCN(C)CC4)ccc3OCC)[nH]c12. The van der Waals surface area contributed by atoms with Crippen LogP contribution in [0.15, 0.2) is 23.1 Å². The van der Waals surface area contributed by atoms with Gasteiger partial charge in [-0.25, -0.2) is 13.4 Å². The molecule has 9 nitrogen and oxygen atoms in total. The molecule has 0 spiro atoms. The number of rotatable bonds is 7. The Hall–Kier alpha value is -2.34. The van der Waals surface area contributed by atoms with Crippen molar-refractivity contribution in [2.75, 3.05) is 39.8 Å². The van der Waals surface area contributed by atoms with Gasteiger partial charge in [0.2, 0.25) is 10.0 Å². The van der Waals surface area contributed by atoms with Crippen LogP contribution >= 0.6 is 12.2 Å². The van der Waals surface area contributed by atoms with Gasteiger partial charge >= 0.3 is 0 Å². The van der Waals surface area contributed by atoms with Crippen LogP contribution in [0.25, 0.3) is 22.4 Å². The topological polar surface area (TPSA) is 96.3 Å². The highest BCUT2D eigenvalue weighted by Crippen LogP contribution is 2.33. The van der Waals surface area contributed by atoms with E-state index in [0.717, 1.165) is 29.6 Å². The van der Waals surface area contributed by atoms with Gasteiger partial charge < -0.3 is 14.6 Å². The van der Waals surface area contributed by atoms with Crippen LogP contribution < -0.4 is 4.74 Å². The molecule has 0 saturated carbocycles. The molecule has 11 heteroatoms. The van der Waals surface area contributed by atoms with Gasteiger partial charge in [-0.1, -0.05) is 25.6 Å². The van der Waals surface area contributed by atoms with Crippen molar-refractivity contribution in [3.8, 4) is 17.1 Å². The van der Waals surface area contributed by atoms with Crippen molar-refractivity contribution in [2.45, 2.75) is 31.6 Å². The van der Waals surface area contributed by atoms with E-state index in [1.807, 2.05) is 21.0 Å². The first kappa shape index (κ1) is 23.8. The van der Waals surface area contributed by atoms with E-state index in [-0.39, 0.29) is 4.90 Å². The standard InChI is InChI=1S/C22H30N6O3S2/c1-5-7-17-19-20(27(4)25-17)22(32)24-21(23-19)16-14-15(8-9-18(16)31-6-2)33(29,30)28-12-10-26(3)11-13-28/h8-9,14H,5-7,10-13H2,1-4H3,(H,23,24,32). The molecule has 0 unspecified atom stereocenters. The van der Waals surface area contributed by atoms with E-state index in [1.54, 1.807) is 22.9 Å². The molecule has 3 aromatic rings. The Labute approximate surface area is 199 Å². The van der Waals surface area contributed by atoms with Gasteiger partial charge in [0.05, 0.1) is 28.3 Å². The highest BCUT2D eigenvalue weighted by molar-refractivity contribution is 7.89. The average molecular weight is 491 g/mol. The van der Waals surface area contributed by atoms with E-state index in [9.17, 15) is 8.42 Å². The molecule has 2 aromatic heterocycles. The summed E-state index contributed by atoms with van der Waals surface area (Å²) in [6.45, 7) is 6.75. The van der Waals surface area contributed by atoms with Crippen molar-refractivity contribution in [1.82, 2.24) is 29.0 Å². The van der Waals surface area contributed by atoms with Crippen molar-refractivity contribution < 1.29 is 13.2 Å². The molecule has 1 aromatic carbocycles. The molecule has 1 aliphatic rings. The lowest BCUT2D eigenvalue weighted by molar-refractivity contribution is 0.222. The van der Waals surface area contributed by atoms with Gasteiger partial charge in [0.15, 0.2) is 4.64 Å². The zero-order valence-electron chi connectivity index (χ0n) is 19.5. The highest BCUT2D eigenvalue weighted by Gasteiger charge is 2.28. The molecule has 1 aliphatic heterocycles. The second-order valence-electron chi connectivity index (χ2n) is 8.23. The number of aromatic amines is 1. The van der Waals surface area contributed by atoms with E-state index >= 15 is 0 Å². The first-order chi connectivity index (χ1) is 15.8. The van der Waals surface area contributed by atoms with Crippen LogP contribution in [0.5, 0.6) is 5.75 Å². The third kappa shape index (κ3) is 4.54. The molecule has 0 atom stereocenters. The quantitative estimate of drug-likeness (QED) is 0.509. The lowest BCUT2D eigenvalue weighted by Gasteiger charge is -2.31. The first-order valence-electron chi connectivity index (χ1n) is 11.2. The van der Waals surface area contributed by atoms with Gasteiger partial charge in [0, 0.05) is 33.2 Å². The molecule has 0 aliphatic carbocycles. The maximum atomic E-state index is 13.4. The maximum Gasteiger partial charge on any atom is 0.243 e. The van der Waals surface area contributed by atoms with Gasteiger partial charge in [-0.3, -0.25) is 4.68 Å². The summed E-state index contributed by atoms with van der Waals surface area (Å²) in [7, 11) is 0.197. The first-order valence-corrected chi connectivity index (χ1v) is 13.0. The molecule has 0 bridgehead atoms. The Bertz CT molecular complexity index is 1320. The van der Waals surface area contributed by atoms with Crippen molar-refractivity contribution >= 4 is 33.3 Å². The van der Waals surface area contributed by atoms with Crippen molar-refractivity contribution in [2.24, 2.45) is 7.05 Å². The van der Waals surface area contributed by atoms with Crippen LogP contribution in [0, 0.1) is 4.64 Å². The minimum absolute atomic E-state index is 0.215. The molecule has 1 fully saturated rings. The van der Waals surface area contributed by atoms with Crippen LogP contribution in [0.1, 0.15) is 26.0 Å². The van der Waals surface area contributed by atoms with Crippen LogP contribution in [-0.2, 0) is 23.5 Å². The Morgan fingerprint density at radius 1 is 1.15 bits per heavy atom. The van der Waals surface area contributed by atoms with Gasteiger partial charge in [-0.05, 0) is 38.6 Å². The predicted molar refractivity (Wildman–Crippen MR) is 131 cm³/mol. The fourth-order valence-electron chi connectivity index (χ4n) is 4.11. The fraction of sp³-hybridized carbons (Fsp3) is 0.500. The summed E-state index contributed by atoms with van der Waals surface area (Å²) >= 11 is 5.59. The van der Waals surface area contributed by atoms with Crippen molar-refractivity contribution in [3.05, 3.63) is 28.5 Å². The lowest BCUT2D eigenvalue weighted by atomic mass is 10.1. The number of aryl methyl sites for hydroxylation is 2. The fourth-order valence-corrected chi connectivity index (χ4v) is 5.88. The maximum absolute atomic E-state index is 13.4. The normalized spacial score (nSPS) is 15.9. The molecule has 4 rings (SSSR count). The van der Waals surface area contributed by atoms with Gasteiger partial charge in [0.1, 0.15) is 17.1 Å². The third-order valence-corrected chi connectivity index (χ3v) is 8.05. The van der Waals surface area contributed by atoms with Crippen molar-refractivity contribution in [3.63, 3.8) is 0 Å². The van der Waals surface area contributed by atoms with E-state index < -0.39 is 10.0 Å². The van der Waals surface area contributed by atoms with Gasteiger partial charge in [-0.2, -0.15) is 9.40 Å². The molecular weight excluding hydrogens is 460 g/mol. The zero-order chi connectivity index (χ0) is 23.8. The Balaban J connectivity index is 1.85. The monoisotopic (exact) mass is 490 g/mol. The minimum Gasteiger partial charge on any atom is -0.493 e. The summed E-state index contributed by atoms with van der Waals surface area (Å²) < 4.78 is 36.3. The Morgan fingerprint density at radius 3 is 2.55 bits per heavy atom. The Morgan fingerprint density at radius 2 is 1.88 bits per heavy atom. The summed E-state index contributed by atoms with van der Waals surface area (Å²) in [5.74, 6) is 1.02. The van der Waals surface area contributed by atoms with Crippen LogP contribution in [0.2, 0.25) is 0 Å². The summed E-state index contributed by atoms with van der Waals surface area (Å²) in [6, 6.07) is 4.93. The lowest BCUT2D eigenvalue weighted by Crippen LogP contribution is -2.47. The van der Waals surface area contributed by atoms with Crippen LogP contribution in [0.4, 0.5) is 0 Å². The average Bonchev–Trinajstić information content (AvgIpc) is 3.10. The highest BCUT2D eigenvalue weighted by atomic mass is 32.2. The number of H-pyrrole nitrogens is 1. The summed E-state index contributed by atoms with van der Waals surface area (Å²) in [4.78, 5) is 10.3. The van der Waals surface area contributed by atoms with Gasteiger partial charge in [-0.15, -0.1) is 0 Å². The third-order valence-electron chi connectivity index (χ3n) is 5.87. The van der Waals surface area contributed by atoms with Crippen molar-refractivity contribution in [1.29, 1.82) is 0 Å². The van der Waals surface area contributed by atoms with E-state index in [1.165, 1.54) is 4.31 Å². The predicted octanol–water partition coefficient (Wildman–Crippen LogP) is 2.98. The summed E-state index contributed by atoms with van der Waals surface area (Å²) in [5.41, 5.74) is 3.05. The number of aromatic nitrogens is 4. The molecular formula is C22H30N6O3S2. The number of fused-ring (bicyclic) bond motifs is 1. The molecule has 178 valence electrons. The molecule has 1 N–H and O–H groups in total. The number of sulfonamides is 1. The molecule has 0 amide bonds. The van der Waals surface area contributed by atoms with Crippen LogP contribution in [-0.4, -0.2) is 77.2 Å². The second-order valence-corrected chi connectivity index (χ2v) is 10.6. The van der Waals surface area contributed by atoms with E-state index in [2.05, 4.69) is 26.9 Å². The number of likely N-dealkylation sites (N-methyl/N-ethyl adjacent to an activating group) is 1. The smallest absolute Gasteiger partial charge is 0.243 e.